The van der Waals surface area contributed by atoms with E-state index in [1.165, 1.54) is 27.4 Å². The van der Waals surface area contributed by atoms with E-state index in [0.717, 1.165) is 0 Å². The molecule has 3 heterocycles. The van der Waals surface area contributed by atoms with Gasteiger partial charge in [-0.1, -0.05) is 12.1 Å². The zero-order chi connectivity index (χ0) is 28.8. The normalized spacial score (nSPS) is 39.2. The van der Waals surface area contributed by atoms with Crippen LogP contribution in [0, 0.1) is 11.8 Å². The van der Waals surface area contributed by atoms with Crippen molar-refractivity contribution >= 4 is 0 Å². The third-order valence-electron chi connectivity index (χ3n) is 7.20. The van der Waals surface area contributed by atoms with E-state index >= 15 is 0 Å². The second-order valence-corrected chi connectivity index (χ2v) is 9.31. The molecule has 0 amide bonds. The van der Waals surface area contributed by atoms with Gasteiger partial charge in [0.1, 0.15) is 24.4 Å². The topological polar surface area (TPSA) is 146 Å². The van der Waals surface area contributed by atoms with Gasteiger partial charge in [-0.25, -0.2) is 0 Å². The molecule has 11 heteroatoms. The quantitative estimate of drug-likeness (QED) is 0.383. The lowest BCUT2D eigenvalue weighted by atomic mass is 9.85. The largest absolute Gasteiger partial charge is 0.493 e. The summed E-state index contributed by atoms with van der Waals surface area (Å²) in [5.74, 6) is 0.384. The fraction of sp³-hybridized carbons (Fsp3) is 0.556. The fourth-order valence-corrected chi connectivity index (χ4v) is 5.11. The van der Waals surface area contributed by atoms with Gasteiger partial charge >= 0.3 is 0 Å². The van der Waals surface area contributed by atoms with Gasteiger partial charge in [0.15, 0.2) is 23.0 Å². The molecule has 0 aliphatic carbocycles. The van der Waals surface area contributed by atoms with Crippen molar-refractivity contribution in [3.63, 3.8) is 0 Å². The van der Waals surface area contributed by atoms with Crippen molar-refractivity contribution in [1.82, 2.24) is 0 Å². The Morgan fingerprint density at radius 3 is 1.82 bits per heavy atom. The maximum absolute atomic E-state index is 10.3. The number of hydrogen-bond donors (Lipinski definition) is 4. The van der Waals surface area contributed by atoms with Crippen molar-refractivity contribution in [2.24, 2.45) is 11.8 Å². The first-order chi connectivity index (χ1) is 19.1. The first-order valence-electron chi connectivity index (χ1n) is 13.3. The fourth-order valence-electron chi connectivity index (χ4n) is 5.11. The third kappa shape index (κ3) is 4.79. The van der Waals surface area contributed by atoms with Crippen LogP contribution in [0.15, 0.2) is 36.4 Å². The van der Waals surface area contributed by atoms with Crippen molar-refractivity contribution in [3.05, 3.63) is 47.5 Å². The molecule has 11 nitrogen and oxygen atoms in total. The second-order valence-electron chi connectivity index (χ2n) is 9.31. The molecule has 3 aliphatic rings. The molecular formula is C27H34O11. The third-order valence-corrected chi connectivity index (χ3v) is 7.20. The molecule has 3 saturated heterocycles. The Morgan fingerprint density at radius 2 is 1.29 bits per heavy atom. The van der Waals surface area contributed by atoms with Crippen LogP contribution in [-0.4, -0.2) is 92.3 Å². The summed E-state index contributed by atoms with van der Waals surface area (Å²) in [5, 5.41) is 39.9. The second kappa shape index (κ2) is 11.2. The van der Waals surface area contributed by atoms with Crippen LogP contribution in [0.1, 0.15) is 26.0 Å². The zero-order valence-corrected chi connectivity index (χ0v) is 21.3. The van der Waals surface area contributed by atoms with Crippen LogP contribution in [0.2, 0.25) is 0 Å². The Morgan fingerprint density at radius 1 is 0.763 bits per heavy atom. The number of fused-ring (bicyclic) bond motifs is 1. The van der Waals surface area contributed by atoms with E-state index in [4.69, 9.17) is 33.2 Å². The van der Waals surface area contributed by atoms with E-state index in [2.05, 4.69) is 0 Å². The summed E-state index contributed by atoms with van der Waals surface area (Å²) in [7, 11) is 4.45. The summed E-state index contributed by atoms with van der Waals surface area (Å²) in [4.78, 5) is 0. The number of aliphatic hydroxyl groups excluding tert-OH is 4. The van der Waals surface area contributed by atoms with Gasteiger partial charge in [0.05, 0.1) is 56.1 Å². The van der Waals surface area contributed by atoms with Gasteiger partial charge in [-0.3, -0.25) is 0 Å². The minimum Gasteiger partial charge on any atom is -0.493 e. The lowest BCUT2D eigenvalue weighted by Crippen LogP contribution is -2.60. The van der Waals surface area contributed by atoms with Crippen LogP contribution in [0.25, 0.3) is 0 Å². The summed E-state index contributed by atoms with van der Waals surface area (Å²) in [5.41, 5.74) is 1.00. The maximum atomic E-state index is 10.3. The molecule has 4 unspecified atom stereocenters. The van der Waals surface area contributed by atoms with E-state index in [-0.39, 0.29) is 24.7 Å². The summed E-state index contributed by atoms with van der Waals surface area (Å²) < 4.78 is 57.9. The number of benzene rings is 2. The molecule has 2 aromatic carbocycles. The van der Waals surface area contributed by atoms with Crippen molar-refractivity contribution < 1.29 is 56.3 Å². The monoisotopic (exact) mass is 536 g/mol. The molecule has 5 rings (SSSR count). The van der Waals surface area contributed by atoms with Crippen LogP contribution in [0.5, 0.6) is 23.0 Å². The first kappa shape index (κ1) is 24.4. The van der Waals surface area contributed by atoms with Crippen molar-refractivity contribution in [1.29, 1.82) is 0 Å². The van der Waals surface area contributed by atoms with E-state index in [9.17, 15) is 23.2 Å². The van der Waals surface area contributed by atoms with Crippen molar-refractivity contribution in [2.75, 3.05) is 41.2 Å². The molecule has 3 fully saturated rings. The average molecular weight is 537 g/mol. The van der Waals surface area contributed by atoms with Crippen LogP contribution in [-0.2, 0) is 14.2 Å². The number of hydrogen-bond acceptors (Lipinski definition) is 11. The van der Waals surface area contributed by atoms with E-state index < -0.39 is 61.3 Å². The maximum Gasteiger partial charge on any atom is 0.229 e. The van der Waals surface area contributed by atoms with Gasteiger partial charge in [0.25, 0.3) is 0 Å². The lowest BCUT2D eigenvalue weighted by molar-refractivity contribution is -0.277. The van der Waals surface area contributed by atoms with Crippen LogP contribution in [0.3, 0.4) is 0 Å². The molecule has 208 valence electrons. The standard InChI is InChI=1S/C27H34O11/c1-32-17-6-4-13(8-19(17)33-2)25-15-11-36-26(16(15)12-35-25)14-5-7-18(20(9-14)34-3)37-27-24(31)23(30)22(29)21(10-28)38-27/h4-9,15-16,21-31H,10-12H2,1-3H3/t15?,16?,21-,22-,23+,24-,25?,26?,27-/m1/s1/i25D,26D. The Labute approximate surface area is 223 Å². The zero-order valence-electron chi connectivity index (χ0n) is 23.3. The Kier molecular flexibility index (Phi) is 7.21. The molecule has 3 aliphatic heterocycles. The highest BCUT2D eigenvalue weighted by molar-refractivity contribution is 5.45. The van der Waals surface area contributed by atoms with Gasteiger partial charge in [-0.2, -0.15) is 0 Å². The number of ether oxygens (including phenoxy) is 7. The molecule has 0 bridgehead atoms. The predicted octanol–water partition coefficient (Wildman–Crippen LogP) is 0.966. The highest BCUT2D eigenvalue weighted by Gasteiger charge is 2.49. The molecule has 2 aromatic rings. The molecule has 0 spiro atoms. The smallest absolute Gasteiger partial charge is 0.229 e. The van der Waals surface area contributed by atoms with E-state index in [1.54, 1.807) is 30.3 Å². The molecule has 0 saturated carbocycles. The SMILES string of the molecule is [2H]C1(c2ccc(OC)c(OC)c2)OCC2C1COC2([2H])c1ccc(O[C@@H]2O[C@H](CO)[C@@H](O)[C@H](O)[C@H]2O)c(OC)c1. The van der Waals surface area contributed by atoms with Crippen molar-refractivity contribution in [2.45, 2.75) is 42.9 Å². The Bertz CT molecular complexity index is 1210. The molecule has 0 aromatic heterocycles. The van der Waals surface area contributed by atoms with Crippen molar-refractivity contribution in [3.8, 4) is 23.0 Å². The van der Waals surface area contributed by atoms with Crippen LogP contribution >= 0.6 is 0 Å². The van der Waals surface area contributed by atoms with Crippen LogP contribution in [0.4, 0.5) is 0 Å². The predicted molar refractivity (Wildman–Crippen MR) is 131 cm³/mol. The van der Waals surface area contributed by atoms with E-state index in [0.29, 0.717) is 22.6 Å². The summed E-state index contributed by atoms with van der Waals surface area (Å²) in [6, 6.07) is 9.85. The van der Waals surface area contributed by atoms with Gasteiger partial charge < -0.3 is 53.6 Å². The number of aliphatic hydroxyl groups is 4. The van der Waals surface area contributed by atoms with Gasteiger partial charge in [-0.15, -0.1) is 0 Å². The van der Waals surface area contributed by atoms with Crippen LogP contribution < -0.4 is 18.9 Å². The van der Waals surface area contributed by atoms with E-state index in [1.807, 2.05) is 0 Å². The van der Waals surface area contributed by atoms with Gasteiger partial charge in [0, 0.05) is 11.8 Å². The average Bonchev–Trinajstić information content (AvgIpc) is 3.51. The molecule has 9 atom stereocenters. The first-order valence-corrected chi connectivity index (χ1v) is 12.3. The minimum atomic E-state index is -1.60. The lowest BCUT2D eigenvalue weighted by Gasteiger charge is -2.39. The number of rotatable bonds is 8. The van der Waals surface area contributed by atoms with Gasteiger partial charge in [-0.05, 0) is 35.4 Å². The molecule has 38 heavy (non-hydrogen) atoms. The number of methoxy groups -OCH3 is 3. The summed E-state index contributed by atoms with van der Waals surface area (Å²) in [6.07, 6.45) is -10.3. The Hall–Kier alpha value is -2.64. The van der Waals surface area contributed by atoms with Gasteiger partial charge in [0.2, 0.25) is 6.29 Å². The highest BCUT2D eigenvalue weighted by Crippen LogP contribution is 2.51. The molecule has 4 N–H and O–H groups in total. The summed E-state index contributed by atoms with van der Waals surface area (Å²) in [6.45, 7) is -0.375. The molecule has 0 radical (unpaired) electrons. The summed E-state index contributed by atoms with van der Waals surface area (Å²) >= 11 is 0. The minimum absolute atomic E-state index is 0.109. The molecular weight excluding hydrogens is 500 g/mol. The Balaban J connectivity index is 1.38. The highest BCUT2D eigenvalue weighted by atomic mass is 16.7.